The van der Waals surface area contributed by atoms with Crippen LogP contribution in [0.3, 0.4) is 0 Å². The highest BCUT2D eigenvalue weighted by atomic mass is 28.4. The number of ether oxygens (including phenoxy) is 2. The monoisotopic (exact) mass is 468 g/mol. The Morgan fingerprint density at radius 3 is 2.09 bits per heavy atom. The SMILES string of the molecule is CC(=O)OC[C@]12C[C@H]1[C@@H](O[Si](c1ccccc1)(c1ccccc1)C(C)(C)C)C[C@H]2OC(C)O. The molecule has 0 aliphatic heterocycles. The third kappa shape index (κ3) is 4.42. The van der Waals surface area contributed by atoms with Crippen molar-refractivity contribution in [3.63, 3.8) is 0 Å². The molecule has 178 valence electrons. The number of hydrogen-bond donors (Lipinski definition) is 1. The first-order valence-electron chi connectivity index (χ1n) is 11.9. The second-order valence-electron chi connectivity index (χ2n) is 10.6. The number of benzene rings is 2. The molecule has 2 aliphatic rings. The number of aliphatic hydroxyl groups is 1. The van der Waals surface area contributed by atoms with Crippen LogP contribution in [0.2, 0.25) is 5.04 Å². The number of esters is 1. The molecule has 0 heterocycles. The van der Waals surface area contributed by atoms with Gasteiger partial charge in [0.2, 0.25) is 0 Å². The van der Waals surface area contributed by atoms with Gasteiger partial charge in [-0.3, -0.25) is 4.79 Å². The molecule has 2 fully saturated rings. The maximum Gasteiger partial charge on any atom is 0.302 e. The number of hydrogen-bond acceptors (Lipinski definition) is 5. The molecule has 5 nitrogen and oxygen atoms in total. The van der Waals surface area contributed by atoms with Crippen LogP contribution in [0, 0.1) is 11.3 Å². The molecule has 5 atom stereocenters. The van der Waals surface area contributed by atoms with Gasteiger partial charge in [-0.2, -0.15) is 0 Å². The molecule has 1 N–H and O–H groups in total. The maximum atomic E-state index is 11.6. The predicted molar refractivity (Wildman–Crippen MR) is 131 cm³/mol. The van der Waals surface area contributed by atoms with Crippen LogP contribution in [0.25, 0.3) is 0 Å². The van der Waals surface area contributed by atoms with E-state index < -0.39 is 14.6 Å². The summed E-state index contributed by atoms with van der Waals surface area (Å²) in [5.41, 5.74) is -0.279. The average molecular weight is 469 g/mol. The third-order valence-electron chi connectivity index (χ3n) is 7.37. The number of aliphatic hydroxyl groups excluding tert-OH is 1. The lowest BCUT2D eigenvalue weighted by Gasteiger charge is -2.45. The van der Waals surface area contributed by atoms with E-state index >= 15 is 0 Å². The Hall–Kier alpha value is -1.99. The van der Waals surface area contributed by atoms with E-state index in [-0.39, 0.29) is 34.5 Å². The number of carbonyl (C=O) groups is 1. The minimum absolute atomic E-state index is 0.0318. The van der Waals surface area contributed by atoms with Crippen LogP contribution in [-0.4, -0.2) is 44.5 Å². The summed E-state index contributed by atoms with van der Waals surface area (Å²) in [6, 6.07) is 21.2. The molecule has 2 saturated carbocycles. The zero-order chi connectivity index (χ0) is 23.9. The summed E-state index contributed by atoms with van der Waals surface area (Å²) in [5, 5.41) is 12.4. The lowest BCUT2D eigenvalue weighted by atomic mass is 10.0. The molecule has 6 heteroatoms. The summed E-state index contributed by atoms with van der Waals surface area (Å²) >= 11 is 0. The highest BCUT2D eigenvalue weighted by Crippen LogP contribution is 2.66. The van der Waals surface area contributed by atoms with Gasteiger partial charge in [-0.15, -0.1) is 0 Å². The molecule has 0 bridgehead atoms. The number of rotatable bonds is 8. The van der Waals surface area contributed by atoms with Gasteiger partial charge < -0.3 is 19.0 Å². The van der Waals surface area contributed by atoms with Crippen LogP contribution in [0.15, 0.2) is 60.7 Å². The van der Waals surface area contributed by atoms with Gasteiger partial charge in [-0.25, -0.2) is 0 Å². The van der Waals surface area contributed by atoms with Crippen molar-refractivity contribution in [1.82, 2.24) is 0 Å². The van der Waals surface area contributed by atoms with E-state index in [1.165, 1.54) is 17.3 Å². The Kier molecular flexibility index (Phi) is 6.57. The van der Waals surface area contributed by atoms with Crippen molar-refractivity contribution in [2.24, 2.45) is 11.3 Å². The van der Waals surface area contributed by atoms with Crippen molar-refractivity contribution in [3.8, 4) is 0 Å². The summed E-state index contributed by atoms with van der Waals surface area (Å²) in [7, 11) is -2.70. The van der Waals surface area contributed by atoms with E-state index in [4.69, 9.17) is 13.9 Å². The molecule has 0 saturated heterocycles. The fourth-order valence-electron chi connectivity index (χ4n) is 5.80. The minimum Gasteiger partial charge on any atom is -0.465 e. The van der Waals surface area contributed by atoms with Gasteiger partial charge in [0.15, 0.2) is 6.29 Å². The molecule has 0 aromatic heterocycles. The first-order chi connectivity index (χ1) is 15.6. The molecule has 1 unspecified atom stereocenters. The van der Waals surface area contributed by atoms with Gasteiger partial charge in [0.05, 0.1) is 18.8 Å². The quantitative estimate of drug-likeness (QED) is 0.364. The third-order valence-corrected chi connectivity index (χ3v) is 12.4. The van der Waals surface area contributed by atoms with E-state index in [0.29, 0.717) is 13.0 Å². The van der Waals surface area contributed by atoms with Gasteiger partial charge in [-0.1, -0.05) is 81.4 Å². The largest absolute Gasteiger partial charge is 0.465 e. The van der Waals surface area contributed by atoms with Crippen molar-refractivity contribution in [2.45, 2.75) is 71.0 Å². The zero-order valence-electron chi connectivity index (χ0n) is 20.3. The molecule has 0 amide bonds. The molecule has 33 heavy (non-hydrogen) atoms. The van der Waals surface area contributed by atoms with Gasteiger partial charge in [0.25, 0.3) is 8.32 Å². The van der Waals surface area contributed by atoms with Crippen LogP contribution in [-0.2, 0) is 18.7 Å². The van der Waals surface area contributed by atoms with Crippen molar-refractivity contribution < 1.29 is 23.8 Å². The fourth-order valence-corrected chi connectivity index (χ4v) is 10.5. The Morgan fingerprint density at radius 2 is 1.64 bits per heavy atom. The molecule has 2 aromatic carbocycles. The topological polar surface area (TPSA) is 65.0 Å². The van der Waals surface area contributed by atoms with E-state index in [0.717, 1.165) is 6.42 Å². The smallest absolute Gasteiger partial charge is 0.302 e. The van der Waals surface area contributed by atoms with E-state index in [2.05, 4.69) is 69.3 Å². The van der Waals surface area contributed by atoms with Crippen LogP contribution in [0.4, 0.5) is 0 Å². The normalized spacial score (nSPS) is 27.6. The van der Waals surface area contributed by atoms with Crippen LogP contribution < -0.4 is 10.4 Å². The molecule has 0 spiro atoms. The summed E-state index contributed by atoms with van der Waals surface area (Å²) in [6.45, 7) is 10.2. The van der Waals surface area contributed by atoms with Crippen molar-refractivity contribution >= 4 is 24.7 Å². The summed E-state index contributed by atoms with van der Waals surface area (Å²) in [5.74, 6) is -0.0515. The lowest BCUT2D eigenvalue weighted by molar-refractivity contribution is -0.159. The fraction of sp³-hybridized carbons (Fsp3) is 0.519. The Balaban J connectivity index is 1.74. The van der Waals surface area contributed by atoms with Crippen LogP contribution in [0.5, 0.6) is 0 Å². The van der Waals surface area contributed by atoms with E-state index in [1.54, 1.807) is 6.92 Å². The Morgan fingerprint density at radius 1 is 1.09 bits per heavy atom. The lowest BCUT2D eigenvalue weighted by Crippen LogP contribution is -2.67. The average Bonchev–Trinajstić information content (AvgIpc) is 3.44. The summed E-state index contributed by atoms with van der Waals surface area (Å²) in [6.07, 6.45) is 0.444. The first-order valence-corrected chi connectivity index (χ1v) is 13.8. The van der Waals surface area contributed by atoms with Crippen molar-refractivity contribution in [1.29, 1.82) is 0 Å². The zero-order valence-corrected chi connectivity index (χ0v) is 21.3. The molecular formula is C27H36O5Si. The van der Waals surface area contributed by atoms with Crippen LogP contribution in [0.1, 0.15) is 47.5 Å². The number of carbonyl (C=O) groups excluding carboxylic acids is 1. The maximum absolute atomic E-state index is 11.6. The highest BCUT2D eigenvalue weighted by Gasteiger charge is 2.70. The van der Waals surface area contributed by atoms with Crippen molar-refractivity contribution in [3.05, 3.63) is 60.7 Å². The van der Waals surface area contributed by atoms with Crippen LogP contribution >= 0.6 is 0 Å². The Labute approximate surface area is 198 Å². The van der Waals surface area contributed by atoms with Crippen molar-refractivity contribution in [2.75, 3.05) is 6.61 Å². The summed E-state index contributed by atoms with van der Waals surface area (Å²) in [4.78, 5) is 11.6. The highest BCUT2D eigenvalue weighted by molar-refractivity contribution is 6.99. The predicted octanol–water partition coefficient (Wildman–Crippen LogP) is 3.63. The molecule has 0 radical (unpaired) electrons. The molecule has 2 aliphatic carbocycles. The minimum atomic E-state index is -2.70. The molecule has 2 aromatic rings. The second-order valence-corrected chi connectivity index (χ2v) is 14.9. The van der Waals surface area contributed by atoms with E-state index in [1.807, 2.05) is 12.1 Å². The second kappa shape index (κ2) is 8.99. The van der Waals surface area contributed by atoms with E-state index in [9.17, 15) is 9.90 Å². The molecule has 4 rings (SSSR count). The first kappa shape index (κ1) is 24.1. The van der Waals surface area contributed by atoms with Gasteiger partial charge in [-0.05, 0) is 41.1 Å². The van der Waals surface area contributed by atoms with Gasteiger partial charge in [0, 0.05) is 12.3 Å². The van der Waals surface area contributed by atoms with Gasteiger partial charge >= 0.3 is 5.97 Å². The van der Waals surface area contributed by atoms with Gasteiger partial charge in [0.1, 0.15) is 0 Å². The summed E-state index contributed by atoms with van der Waals surface area (Å²) < 4.78 is 18.8. The Bertz CT molecular complexity index is 916. The number of fused-ring (bicyclic) bond motifs is 1. The molecular weight excluding hydrogens is 432 g/mol. The standard InChI is InChI=1S/C27H36O5Si/c1-19(28)30-18-27-17-23(27)24(16-25(27)31-20(2)29)32-33(26(3,4)5,21-12-8-6-9-13-21)22-14-10-7-11-15-22/h6-15,20,23-25,29H,16-18H2,1-5H3/t20?,23-,24-,25+,27+/m0/s1.